The van der Waals surface area contributed by atoms with Crippen molar-refractivity contribution < 1.29 is 29.3 Å². The van der Waals surface area contributed by atoms with Gasteiger partial charge in [0.15, 0.2) is 17.3 Å². The van der Waals surface area contributed by atoms with E-state index >= 15 is 0 Å². The van der Waals surface area contributed by atoms with E-state index < -0.39 is 34.6 Å². The summed E-state index contributed by atoms with van der Waals surface area (Å²) < 4.78 is 13.0. The van der Waals surface area contributed by atoms with Gasteiger partial charge in [0, 0.05) is 4.47 Å². The summed E-state index contributed by atoms with van der Waals surface area (Å²) in [5, 5.41) is 26.3. The number of rotatable bonds is 2. The minimum absolute atomic E-state index is 0.247. The third-order valence-electron chi connectivity index (χ3n) is 1.59. The van der Waals surface area contributed by atoms with E-state index in [1.807, 2.05) is 0 Å². The molecule has 0 unspecified atom stereocenters. The van der Waals surface area contributed by atoms with Gasteiger partial charge in [-0.2, -0.15) is 0 Å². The number of Topliss-reactive ketones (excluding diaryl/α,β-unsaturated/α-hetero) is 1. The molecule has 5 nitrogen and oxygen atoms in total. The number of hydrogen-bond acceptors (Lipinski definition) is 4. The molecule has 0 saturated heterocycles. The van der Waals surface area contributed by atoms with Gasteiger partial charge in [0.05, 0.1) is 5.56 Å². The third-order valence-corrected chi connectivity index (χ3v) is 2.22. The molecule has 0 amide bonds. The highest BCUT2D eigenvalue weighted by Gasteiger charge is 2.26. The standard InChI is InChI=1S/C8H4BrFO5/c9-2-1-3(11)6(12)5(10)4(2)7(13)8(14)15/h1,11-12H,(H,14,15). The molecule has 1 rings (SSSR count). The SMILES string of the molecule is O=C(O)C(=O)c1c(Br)cc(O)c(O)c1F. The van der Waals surface area contributed by atoms with Gasteiger partial charge in [-0.3, -0.25) is 4.79 Å². The number of carbonyl (C=O) groups excluding carboxylic acids is 1. The van der Waals surface area contributed by atoms with Crippen molar-refractivity contribution in [3.63, 3.8) is 0 Å². The maximum atomic E-state index is 13.2. The molecule has 0 aromatic heterocycles. The van der Waals surface area contributed by atoms with Crippen molar-refractivity contribution in [2.45, 2.75) is 0 Å². The molecule has 0 atom stereocenters. The molecule has 0 fully saturated rings. The van der Waals surface area contributed by atoms with Gasteiger partial charge in [0.2, 0.25) is 0 Å². The van der Waals surface area contributed by atoms with Gasteiger partial charge in [0.1, 0.15) is 0 Å². The van der Waals surface area contributed by atoms with E-state index in [1.54, 1.807) is 0 Å². The number of halogens is 2. The van der Waals surface area contributed by atoms with Crippen molar-refractivity contribution in [3.05, 3.63) is 21.9 Å². The number of carboxylic acid groups (broad SMARTS) is 1. The Labute approximate surface area is 90.9 Å². The van der Waals surface area contributed by atoms with Crippen LogP contribution in [0.5, 0.6) is 11.5 Å². The Hall–Kier alpha value is -1.63. The molecule has 7 heteroatoms. The van der Waals surface area contributed by atoms with Crippen LogP contribution < -0.4 is 0 Å². The smallest absolute Gasteiger partial charge is 0.377 e. The zero-order valence-electron chi connectivity index (χ0n) is 6.99. The number of carbonyl (C=O) groups is 2. The first-order valence-corrected chi connectivity index (χ1v) is 4.33. The summed E-state index contributed by atoms with van der Waals surface area (Å²) >= 11 is 2.71. The van der Waals surface area contributed by atoms with Crippen LogP contribution in [0.3, 0.4) is 0 Å². The Kier molecular flexibility index (Phi) is 2.94. The van der Waals surface area contributed by atoms with Gasteiger partial charge in [-0.1, -0.05) is 0 Å². The van der Waals surface area contributed by atoms with E-state index in [2.05, 4.69) is 15.9 Å². The molecule has 0 saturated carbocycles. The van der Waals surface area contributed by atoms with Crippen LogP contribution in [0.1, 0.15) is 10.4 Å². The Bertz CT molecular complexity index is 457. The van der Waals surface area contributed by atoms with Crippen LogP contribution in [-0.2, 0) is 4.79 Å². The van der Waals surface area contributed by atoms with E-state index in [-0.39, 0.29) is 4.47 Å². The number of phenolic OH excluding ortho intramolecular Hbond substituents is 2. The lowest BCUT2D eigenvalue weighted by atomic mass is 10.1. The molecule has 3 N–H and O–H groups in total. The van der Waals surface area contributed by atoms with Gasteiger partial charge in [0.25, 0.3) is 5.78 Å². The van der Waals surface area contributed by atoms with E-state index in [0.717, 1.165) is 6.07 Å². The van der Waals surface area contributed by atoms with Gasteiger partial charge in [-0.15, -0.1) is 0 Å². The highest BCUT2D eigenvalue weighted by atomic mass is 79.9. The van der Waals surface area contributed by atoms with Crippen LogP contribution in [0.25, 0.3) is 0 Å². The Morgan fingerprint density at radius 2 is 1.87 bits per heavy atom. The van der Waals surface area contributed by atoms with E-state index in [0.29, 0.717) is 0 Å². The summed E-state index contributed by atoms with van der Waals surface area (Å²) in [4.78, 5) is 21.3. The number of aromatic hydroxyl groups is 2. The predicted octanol–water partition coefficient (Wildman–Crippen LogP) is 1.27. The normalized spacial score (nSPS) is 10.0. The summed E-state index contributed by atoms with van der Waals surface area (Å²) in [6.07, 6.45) is 0. The zero-order valence-corrected chi connectivity index (χ0v) is 8.58. The summed E-state index contributed by atoms with van der Waals surface area (Å²) in [6.45, 7) is 0. The summed E-state index contributed by atoms with van der Waals surface area (Å²) in [5.74, 6) is -6.81. The Morgan fingerprint density at radius 1 is 1.33 bits per heavy atom. The van der Waals surface area contributed by atoms with Crippen LogP contribution in [0, 0.1) is 5.82 Å². The van der Waals surface area contributed by atoms with E-state index in [4.69, 9.17) is 15.3 Å². The molecule has 80 valence electrons. The van der Waals surface area contributed by atoms with Crippen molar-refractivity contribution >= 4 is 27.7 Å². The first-order valence-electron chi connectivity index (χ1n) is 3.53. The third kappa shape index (κ3) is 1.91. The van der Waals surface area contributed by atoms with Crippen LogP contribution in [0.4, 0.5) is 4.39 Å². The summed E-state index contributed by atoms with van der Waals surface area (Å²) in [5.41, 5.74) is -0.835. The topological polar surface area (TPSA) is 94.8 Å². The molecular weight excluding hydrogens is 275 g/mol. The maximum absolute atomic E-state index is 13.2. The zero-order chi connectivity index (χ0) is 11.7. The average Bonchev–Trinajstić information content (AvgIpc) is 2.14. The summed E-state index contributed by atoms with van der Waals surface area (Å²) in [7, 11) is 0. The molecule has 0 spiro atoms. The van der Waals surface area contributed by atoms with Crippen molar-refractivity contribution in [2.75, 3.05) is 0 Å². The number of carboxylic acids is 1. The van der Waals surface area contributed by atoms with Crippen LogP contribution in [-0.4, -0.2) is 27.1 Å². The largest absolute Gasteiger partial charge is 0.504 e. The van der Waals surface area contributed by atoms with Crippen LogP contribution >= 0.6 is 15.9 Å². The second-order valence-electron chi connectivity index (χ2n) is 2.55. The second-order valence-corrected chi connectivity index (χ2v) is 3.40. The van der Waals surface area contributed by atoms with E-state index in [1.165, 1.54) is 0 Å². The molecule has 0 aliphatic rings. The molecule has 0 aliphatic heterocycles. The second kappa shape index (κ2) is 3.85. The van der Waals surface area contributed by atoms with Gasteiger partial charge in [-0.25, -0.2) is 9.18 Å². The maximum Gasteiger partial charge on any atom is 0.377 e. The Morgan fingerprint density at radius 3 is 2.33 bits per heavy atom. The lowest BCUT2D eigenvalue weighted by Gasteiger charge is -2.05. The van der Waals surface area contributed by atoms with Crippen molar-refractivity contribution in [1.29, 1.82) is 0 Å². The van der Waals surface area contributed by atoms with E-state index in [9.17, 15) is 14.0 Å². The number of hydrogen-bond donors (Lipinski definition) is 3. The van der Waals surface area contributed by atoms with Crippen molar-refractivity contribution in [2.24, 2.45) is 0 Å². The van der Waals surface area contributed by atoms with Crippen molar-refractivity contribution in [1.82, 2.24) is 0 Å². The van der Waals surface area contributed by atoms with Crippen LogP contribution in [0.2, 0.25) is 0 Å². The molecule has 0 radical (unpaired) electrons. The first-order chi connectivity index (χ1) is 6.86. The number of ketones is 1. The molecule has 1 aromatic carbocycles. The number of phenols is 2. The lowest BCUT2D eigenvalue weighted by Crippen LogP contribution is -2.15. The fourth-order valence-electron chi connectivity index (χ4n) is 0.911. The Balaban J connectivity index is 3.49. The molecule has 1 aromatic rings. The lowest BCUT2D eigenvalue weighted by molar-refractivity contribution is -0.131. The van der Waals surface area contributed by atoms with Crippen LogP contribution in [0.15, 0.2) is 10.5 Å². The quantitative estimate of drug-likeness (QED) is 0.430. The highest BCUT2D eigenvalue weighted by Crippen LogP contribution is 2.35. The molecule has 0 heterocycles. The van der Waals surface area contributed by atoms with Crippen molar-refractivity contribution in [3.8, 4) is 11.5 Å². The minimum atomic E-state index is -1.86. The van der Waals surface area contributed by atoms with Gasteiger partial charge in [-0.05, 0) is 22.0 Å². The highest BCUT2D eigenvalue weighted by molar-refractivity contribution is 9.10. The molecular formula is C8H4BrFO5. The fourth-order valence-corrected chi connectivity index (χ4v) is 1.48. The number of benzene rings is 1. The predicted molar refractivity (Wildman–Crippen MR) is 49.4 cm³/mol. The molecule has 0 bridgehead atoms. The molecule has 0 aliphatic carbocycles. The average molecular weight is 279 g/mol. The molecule has 15 heavy (non-hydrogen) atoms. The minimum Gasteiger partial charge on any atom is -0.504 e. The fraction of sp³-hybridized carbons (Fsp3) is 0. The van der Waals surface area contributed by atoms with Gasteiger partial charge >= 0.3 is 5.97 Å². The monoisotopic (exact) mass is 278 g/mol. The number of aliphatic carboxylic acids is 1. The summed E-state index contributed by atoms with van der Waals surface area (Å²) in [6, 6.07) is 0.828. The first kappa shape index (κ1) is 11.4. The van der Waals surface area contributed by atoms with Gasteiger partial charge < -0.3 is 15.3 Å².